The quantitative estimate of drug-likeness (QED) is 0.562. The summed E-state index contributed by atoms with van der Waals surface area (Å²) in [5.74, 6) is -0.442. The number of rotatable bonds is 5. The average molecular weight is 366 g/mol. The molecule has 28 heavy (non-hydrogen) atoms. The van der Waals surface area contributed by atoms with Crippen LogP contribution in [0.15, 0.2) is 54.6 Å². The van der Waals surface area contributed by atoms with Crippen molar-refractivity contribution in [2.24, 2.45) is 5.73 Å². The molecule has 1 heterocycles. The normalized spacial score (nSPS) is 11.0. The molecule has 0 aliphatic carbocycles. The fourth-order valence-electron chi connectivity index (χ4n) is 3.83. The number of aromatic nitrogens is 1. The lowest BCUT2D eigenvalue weighted by Gasteiger charge is -2.09. The van der Waals surface area contributed by atoms with Crippen LogP contribution in [-0.2, 0) is 13.0 Å². The maximum Gasteiger partial charge on any atom is 0.249 e. The first-order valence-electron chi connectivity index (χ1n) is 9.36. The molecule has 1 radical (unpaired) electrons. The molecule has 0 saturated carbocycles. The number of amides is 1. The number of aryl methyl sites for hydroxylation is 1. The van der Waals surface area contributed by atoms with Crippen molar-refractivity contribution in [3.05, 3.63) is 82.9 Å². The van der Waals surface area contributed by atoms with Crippen LogP contribution < -0.4 is 5.73 Å². The molecule has 137 valence electrons. The van der Waals surface area contributed by atoms with Crippen molar-refractivity contribution >= 4 is 27.7 Å². The number of nitrogens with two attached hydrogens (primary N) is 1. The summed E-state index contributed by atoms with van der Waals surface area (Å²) < 4.78 is 2.18. The van der Waals surface area contributed by atoms with Gasteiger partial charge in [0, 0.05) is 22.9 Å². The molecule has 0 aliphatic rings. The third-order valence-corrected chi connectivity index (χ3v) is 5.06. The predicted octanol–water partition coefficient (Wildman–Crippen LogP) is 4.57. The van der Waals surface area contributed by atoms with Crippen LogP contribution in [0.3, 0.4) is 0 Å². The highest BCUT2D eigenvalue weighted by Crippen LogP contribution is 2.33. The van der Waals surface area contributed by atoms with Gasteiger partial charge in [0.2, 0.25) is 5.91 Å². The Bertz CT molecular complexity index is 1240. The minimum absolute atomic E-state index is 0.442. The number of hydrogen-bond donors (Lipinski definition) is 1. The van der Waals surface area contributed by atoms with Crippen LogP contribution in [-0.4, -0.2) is 10.5 Å². The summed E-state index contributed by atoms with van der Waals surface area (Å²) in [7, 11) is 0. The molecule has 0 unspecified atom stereocenters. The molecule has 0 atom stereocenters. The molecule has 1 amide bonds. The van der Waals surface area contributed by atoms with Gasteiger partial charge in [0.1, 0.15) is 0 Å². The van der Waals surface area contributed by atoms with E-state index < -0.39 is 5.91 Å². The molecule has 0 bridgehead atoms. The fourth-order valence-corrected chi connectivity index (χ4v) is 3.83. The van der Waals surface area contributed by atoms with Gasteiger partial charge in [0.15, 0.2) is 0 Å². The molecular formula is C24H20N3O. The van der Waals surface area contributed by atoms with E-state index >= 15 is 0 Å². The molecule has 0 saturated heterocycles. The Morgan fingerprint density at radius 2 is 1.96 bits per heavy atom. The standard InChI is InChI=1S/C24H20N3O/c1-2-5-16-10-11-19-22(13-16)27(15-18-7-3-6-17(12-18)14-25)21-9-4-8-20(23(19)21)24(26)28/h3-4,6-10,12-13H,2,5,15H2,1H3,(H2,26,28). The van der Waals surface area contributed by atoms with Gasteiger partial charge in [0.25, 0.3) is 0 Å². The first kappa shape index (κ1) is 17.8. The van der Waals surface area contributed by atoms with Crippen LogP contribution in [0, 0.1) is 17.4 Å². The van der Waals surface area contributed by atoms with E-state index in [9.17, 15) is 10.1 Å². The Kier molecular flexibility index (Phi) is 4.58. The zero-order chi connectivity index (χ0) is 19.7. The molecule has 3 aromatic carbocycles. The van der Waals surface area contributed by atoms with E-state index in [1.165, 1.54) is 5.56 Å². The highest BCUT2D eigenvalue weighted by molar-refractivity contribution is 6.17. The minimum atomic E-state index is -0.442. The van der Waals surface area contributed by atoms with E-state index in [-0.39, 0.29) is 0 Å². The van der Waals surface area contributed by atoms with E-state index in [4.69, 9.17) is 5.73 Å². The fraction of sp³-hybridized carbons (Fsp3) is 0.167. The molecule has 0 spiro atoms. The number of nitriles is 1. The maximum atomic E-state index is 12.0. The molecule has 0 aliphatic heterocycles. The molecule has 4 rings (SSSR count). The van der Waals surface area contributed by atoms with Gasteiger partial charge in [-0.3, -0.25) is 4.79 Å². The average Bonchev–Trinajstić information content (AvgIpc) is 3.01. The van der Waals surface area contributed by atoms with Gasteiger partial charge in [-0.1, -0.05) is 37.6 Å². The third-order valence-electron chi connectivity index (χ3n) is 5.06. The Morgan fingerprint density at radius 1 is 1.14 bits per heavy atom. The number of carbonyl (C=O) groups excluding carboxylic acids is 1. The summed E-state index contributed by atoms with van der Waals surface area (Å²) in [4.78, 5) is 12.0. The number of fused-ring (bicyclic) bond motifs is 3. The zero-order valence-electron chi connectivity index (χ0n) is 15.7. The number of benzene rings is 3. The van der Waals surface area contributed by atoms with Crippen LogP contribution in [0.1, 0.15) is 40.4 Å². The summed E-state index contributed by atoms with van der Waals surface area (Å²) in [6, 6.07) is 23.0. The number of carbonyl (C=O) groups is 1. The number of nitrogens with zero attached hydrogens (tertiary/aromatic N) is 2. The van der Waals surface area contributed by atoms with Crippen molar-refractivity contribution in [1.82, 2.24) is 4.57 Å². The number of primary amides is 1. The molecule has 2 N–H and O–H groups in total. The number of hydrogen-bond acceptors (Lipinski definition) is 2. The first-order valence-corrected chi connectivity index (χ1v) is 9.36. The van der Waals surface area contributed by atoms with Crippen LogP contribution in [0.25, 0.3) is 21.8 Å². The second-order valence-electron chi connectivity index (χ2n) is 6.98. The Labute approximate surface area is 163 Å². The summed E-state index contributed by atoms with van der Waals surface area (Å²) in [6.45, 7) is 2.75. The molecular weight excluding hydrogens is 346 g/mol. The van der Waals surface area contributed by atoms with E-state index in [2.05, 4.69) is 29.7 Å². The Morgan fingerprint density at radius 3 is 2.71 bits per heavy atom. The smallest absolute Gasteiger partial charge is 0.249 e. The van der Waals surface area contributed by atoms with Crippen LogP contribution in [0.2, 0.25) is 0 Å². The van der Waals surface area contributed by atoms with Gasteiger partial charge in [-0.25, -0.2) is 0 Å². The lowest BCUT2D eigenvalue weighted by Crippen LogP contribution is -2.11. The molecule has 4 aromatic rings. The lowest BCUT2D eigenvalue weighted by molar-refractivity contribution is 0.100. The van der Waals surface area contributed by atoms with E-state index in [0.717, 1.165) is 40.2 Å². The topological polar surface area (TPSA) is 71.8 Å². The van der Waals surface area contributed by atoms with Crippen molar-refractivity contribution in [2.75, 3.05) is 0 Å². The third kappa shape index (κ3) is 3.01. The summed E-state index contributed by atoms with van der Waals surface area (Å²) in [6.07, 6.45) is 2.02. The Balaban J connectivity index is 2.01. The van der Waals surface area contributed by atoms with Gasteiger partial charge < -0.3 is 10.3 Å². The maximum absolute atomic E-state index is 12.0. The van der Waals surface area contributed by atoms with Gasteiger partial charge in [-0.05, 0) is 53.9 Å². The summed E-state index contributed by atoms with van der Waals surface area (Å²) in [5.41, 5.74) is 11.0. The SMILES string of the molecule is CCCc1c[c]c2c3c(C(N)=O)cccc3n(Cc3cccc(C#N)c3)c2c1. The minimum Gasteiger partial charge on any atom is -0.366 e. The lowest BCUT2D eigenvalue weighted by atomic mass is 10.0. The van der Waals surface area contributed by atoms with E-state index in [1.807, 2.05) is 36.4 Å². The van der Waals surface area contributed by atoms with Crippen molar-refractivity contribution in [1.29, 1.82) is 5.26 Å². The second kappa shape index (κ2) is 7.21. The summed E-state index contributed by atoms with van der Waals surface area (Å²) >= 11 is 0. The largest absolute Gasteiger partial charge is 0.366 e. The van der Waals surface area contributed by atoms with Crippen molar-refractivity contribution in [3.8, 4) is 6.07 Å². The van der Waals surface area contributed by atoms with Crippen LogP contribution >= 0.6 is 0 Å². The van der Waals surface area contributed by atoms with Crippen LogP contribution in [0.5, 0.6) is 0 Å². The molecule has 4 nitrogen and oxygen atoms in total. The zero-order valence-corrected chi connectivity index (χ0v) is 15.7. The second-order valence-corrected chi connectivity index (χ2v) is 6.98. The molecule has 1 aromatic heterocycles. The molecule has 0 fully saturated rings. The van der Waals surface area contributed by atoms with E-state index in [0.29, 0.717) is 17.7 Å². The highest BCUT2D eigenvalue weighted by atomic mass is 16.1. The predicted molar refractivity (Wildman–Crippen MR) is 111 cm³/mol. The van der Waals surface area contributed by atoms with Gasteiger partial charge in [-0.15, -0.1) is 0 Å². The van der Waals surface area contributed by atoms with Crippen molar-refractivity contribution < 1.29 is 4.79 Å². The van der Waals surface area contributed by atoms with Crippen LogP contribution in [0.4, 0.5) is 0 Å². The Hall–Kier alpha value is -3.58. The van der Waals surface area contributed by atoms with Gasteiger partial charge >= 0.3 is 0 Å². The van der Waals surface area contributed by atoms with Crippen molar-refractivity contribution in [3.63, 3.8) is 0 Å². The van der Waals surface area contributed by atoms with Crippen molar-refractivity contribution in [2.45, 2.75) is 26.3 Å². The van der Waals surface area contributed by atoms with Gasteiger partial charge in [0.05, 0.1) is 22.7 Å². The summed E-state index contributed by atoms with van der Waals surface area (Å²) in [5, 5.41) is 11.0. The van der Waals surface area contributed by atoms with E-state index in [1.54, 1.807) is 12.1 Å². The monoisotopic (exact) mass is 366 g/mol. The first-order chi connectivity index (χ1) is 13.6. The molecule has 4 heteroatoms. The highest BCUT2D eigenvalue weighted by Gasteiger charge is 2.17. The van der Waals surface area contributed by atoms with Gasteiger partial charge in [-0.2, -0.15) is 5.26 Å².